The third kappa shape index (κ3) is 0.852. The number of hydrogen-bond acceptors (Lipinski definition) is 1. The molecule has 0 atom stereocenters. The van der Waals surface area contributed by atoms with Gasteiger partial charge >= 0.3 is 0 Å². The molecule has 0 amide bonds. The summed E-state index contributed by atoms with van der Waals surface area (Å²) in [5, 5.41) is 1.03. The molecular formula is C8H7FN2. The van der Waals surface area contributed by atoms with Crippen molar-refractivity contribution in [2.45, 2.75) is 0 Å². The molecule has 0 bridgehead atoms. The van der Waals surface area contributed by atoms with Crippen LogP contribution in [0.3, 0.4) is 0 Å². The van der Waals surface area contributed by atoms with E-state index in [4.69, 9.17) is 0 Å². The van der Waals surface area contributed by atoms with Crippen molar-refractivity contribution in [3.05, 3.63) is 36.5 Å². The van der Waals surface area contributed by atoms with Gasteiger partial charge in [-0.2, -0.15) is 5.65 Å². The topological polar surface area (TPSA) is 17.0 Å². The van der Waals surface area contributed by atoms with Crippen LogP contribution < -0.4 is 5.65 Å². The molecule has 0 aliphatic carbocycles. The predicted molar refractivity (Wildman–Crippen MR) is 42.4 cm³/mol. The first-order valence-corrected chi connectivity index (χ1v) is 3.34. The predicted octanol–water partition coefficient (Wildman–Crippen LogP) is 2.07. The van der Waals surface area contributed by atoms with Crippen molar-refractivity contribution in [3.8, 4) is 0 Å². The molecule has 0 fully saturated rings. The number of rotatable bonds is 1. The zero-order valence-electron chi connectivity index (χ0n) is 5.79. The molecule has 2 rings (SSSR count). The molecule has 0 spiro atoms. The van der Waals surface area contributed by atoms with Gasteiger partial charge in [-0.15, -0.1) is 0 Å². The molecule has 2 aromatic rings. The summed E-state index contributed by atoms with van der Waals surface area (Å²) in [5.41, 5.74) is 2.41. The summed E-state index contributed by atoms with van der Waals surface area (Å²) in [5.74, 6) is 0. The van der Waals surface area contributed by atoms with Crippen LogP contribution in [0.2, 0.25) is 0 Å². The number of benzene rings is 1. The van der Waals surface area contributed by atoms with Gasteiger partial charge in [-0.05, 0) is 12.1 Å². The van der Waals surface area contributed by atoms with Gasteiger partial charge in [-0.25, -0.2) is 4.68 Å². The summed E-state index contributed by atoms with van der Waals surface area (Å²) >= 11 is 0. The van der Waals surface area contributed by atoms with Crippen LogP contribution in [-0.4, -0.2) is 4.68 Å². The van der Waals surface area contributed by atoms with E-state index in [0.717, 1.165) is 10.9 Å². The second kappa shape index (κ2) is 2.27. The minimum atomic E-state index is 0.843. The van der Waals surface area contributed by atoms with Crippen LogP contribution in [0, 0.1) is 0 Å². The Hall–Kier alpha value is -1.51. The van der Waals surface area contributed by atoms with Crippen LogP contribution in [0.5, 0.6) is 0 Å². The average Bonchev–Trinajstić information content (AvgIpc) is 2.47. The van der Waals surface area contributed by atoms with E-state index in [0.29, 0.717) is 0 Å². The number of fused-ring (bicyclic) bond motifs is 1. The highest BCUT2D eigenvalue weighted by molar-refractivity contribution is 5.80. The summed E-state index contributed by atoms with van der Waals surface area (Å²) in [6, 6.07) is 9.42. The molecule has 0 saturated heterocycles. The maximum atomic E-state index is 12.0. The minimum Gasteiger partial charge on any atom is -0.240 e. The van der Waals surface area contributed by atoms with Gasteiger partial charge in [0.05, 0.1) is 5.52 Å². The third-order valence-electron chi connectivity index (χ3n) is 1.69. The fourth-order valence-electron chi connectivity index (χ4n) is 1.16. The van der Waals surface area contributed by atoms with Crippen molar-refractivity contribution >= 4 is 10.9 Å². The highest BCUT2D eigenvalue weighted by atomic mass is 19.2. The lowest BCUT2D eigenvalue weighted by atomic mass is 10.3. The molecule has 0 unspecified atom stereocenters. The van der Waals surface area contributed by atoms with Gasteiger partial charge in [0.1, 0.15) is 0 Å². The van der Waals surface area contributed by atoms with E-state index in [1.54, 1.807) is 11.8 Å². The Labute approximate surface area is 63.2 Å². The minimum absolute atomic E-state index is 0.843. The molecule has 0 radical (unpaired) electrons. The van der Waals surface area contributed by atoms with Crippen LogP contribution in [0.25, 0.3) is 10.9 Å². The second-order valence-electron chi connectivity index (χ2n) is 2.33. The molecule has 0 aliphatic heterocycles. The quantitative estimate of drug-likeness (QED) is 0.616. The molecule has 0 saturated carbocycles. The second-order valence-corrected chi connectivity index (χ2v) is 2.33. The summed E-state index contributed by atoms with van der Waals surface area (Å²) in [4.78, 5) is 0. The van der Waals surface area contributed by atoms with Crippen molar-refractivity contribution in [1.29, 1.82) is 0 Å². The first-order valence-electron chi connectivity index (χ1n) is 3.34. The maximum Gasteiger partial charge on any atom is 0.0718 e. The fourth-order valence-corrected chi connectivity index (χ4v) is 1.16. The number of hydrogen-bond donors (Lipinski definition) is 1. The largest absolute Gasteiger partial charge is 0.240 e. The lowest BCUT2D eigenvalue weighted by Gasteiger charge is -1.97. The first kappa shape index (κ1) is 6.22. The maximum absolute atomic E-state index is 12.0. The Kier molecular flexibility index (Phi) is 1.28. The Bertz CT molecular complexity index is 367. The number of nitrogens with zero attached hydrogens (tertiary/aromatic N) is 1. The highest BCUT2D eigenvalue weighted by Crippen LogP contribution is 2.12. The Morgan fingerprint density at radius 1 is 1.18 bits per heavy atom. The average molecular weight is 150 g/mol. The van der Waals surface area contributed by atoms with Gasteiger partial charge in [-0.3, -0.25) is 0 Å². The van der Waals surface area contributed by atoms with E-state index in [1.807, 2.05) is 30.3 Å². The van der Waals surface area contributed by atoms with Gasteiger partial charge in [0.15, 0.2) is 0 Å². The Morgan fingerprint density at radius 3 is 2.82 bits per heavy atom. The lowest BCUT2D eigenvalue weighted by molar-refractivity contribution is 0.514. The van der Waals surface area contributed by atoms with E-state index < -0.39 is 0 Å². The fraction of sp³-hybridized carbons (Fsp3) is 0. The monoisotopic (exact) mass is 150 g/mol. The standard InChI is InChI=1S/C8H7FN2/c9-10-11-6-5-7-3-1-2-4-8(7)11/h1-6,10H. The summed E-state index contributed by atoms with van der Waals surface area (Å²) in [6.45, 7) is 0. The molecule has 2 nitrogen and oxygen atoms in total. The van der Waals surface area contributed by atoms with Crippen molar-refractivity contribution in [3.63, 3.8) is 0 Å². The molecule has 1 aromatic carbocycles. The zero-order valence-corrected chi connectivity index (χ0v) is 5.79. The molecule has 1 N–H and O–H groups in total. The van der Waals surface area contributed by atoms with Gasteiger partial charge < -0.3 is 0 Å². The SMILES string of the molecule is FNn1ccc2ccccc21. The van der Waals surface area contributed by atoms with Crippen molar-refractivity contribution < 1.29 is 4.48 Å². The van der Waals surface area contributed by atoms with Crippen molar-refractivity contribution in [2.24, 2.45) is 0 Å². The molecule has 11 heavy (non-hydrogen) atoms. The summed E-state index contributed by atoms with van der Waals surface area (Å²) in [7, 11) is 0. The van der Waals surface area contributed by atoms with E-state index in [2.05, 4.69) is 0 Å². The van der Waals surface area contributed by atoms with E-state index in [-0.39, 0.29) is 0 Å². The molecule has 3 heteroatoms. The van der Waals surface area contributed by atoms with Crippen LogP contribution in [0.4, 0.5) is 4.48 Å². The van der Waals surface area contributed by atoms with Crippen LogP contribution in [0.15, 0.2) is 36.5 Å². The lowest BCUT2D eigenvalue weighted by Crippen LogP contribution is -2.00. The van der Waals surface area contributed by atoms with Gasteiger partial charge in [-0.1, -0.05) is 22.7 Å². The smallest absolute Gasteiger partial charge is 0.0718 e. The number of aromatic nitrogens is 1. The zero-order chi connectivity index (χ0) is 7.68. The van der Waals surface area contributed by atoms with E-state index in [1.165, 1.54) is 4.68 Å². The van der Waals surface area contributed by atoms with Gasteiger partial charge in [0.25, 0.3) is 0 Å². The van der Waals surface area contributed by atoms with Crippen LogP contribution in [-0.2, 0) is 0 Å². The van der Waals surface area contributed by atoms with Crippen LogP contribution >= 0.6 is 0 Å². The Balaban J connectivity index is 2.76. The molecule has 56 valence electrons. The molecule has 1 heterocycles. The highest BCUT2D eigenvalue weighted by Gasteiger charge is 1.96. The first-order chi connectivity index (χ1) is 5.42. The third-order valence-corrected chi connectivity index (χ3v) is 1.69. The van der Waals surface area contributed by atoms with Gasteiger partial charge in [0, 0.05) is 11.6 Å². The Morgan fingerprint density at radius 2 is 2.00 bits per heavy atom. The van der Waals surface area contributed by atoms with E-state index in [9.17, 15) is 4.48 Å². The van der Waals surface area contributed by atoms with Crippen molar-refractivity contribution in [1.82, 2.24) is 4.68 Å². The summed E-state index contributed by atoms with van der Waals surface area (Å²) in [6.07, 6.45) is 1.64. The summed E-state index contributed by atoms with van der Waals surface area (Å²) < 4.78 is 13.3. The van der Waals surface area contributed by atoms with Gasteiger partial charge in [0.2, 0.25) is 0 Å². The molecule has 1 aromatic heterocycles. The molecule has 0 aliphatic rings. The van der Waals surface area contributed by atoms with Crippen molar-refractivity contribution in [2.75, 3.05) is 5.65 Å². The molecular weight excluding hydrogens is 143 g/mol. The van der Waals surface area contributed by atoms with Crippen LogP contribution in [0.1, 0.15) is 0 Å². The number of nitrogens with one attached hydrogen (secondary N) is 1. The number of para-hydroxylation sites is 1. The normalized spacial score (nSPS) is 10.3. The van der Waals surface area contributed by atoms with E-state index >= 15 is 0 Å². The number of halogens is 1.